The van der Waals surface area contributed by atoms with Crippen LogP contribution in [0.15, 0.2) is 85.1 Å². The highest BCUT2D eigenvalue weighted by atomic mass is 16.6. The molecule has 11 nitrogen and oxygen atoms in total. The summed E-state index contributed by atoms with van der Waals surface area (Å²) in [4.78, 5) is 29.1. The quantitative estimate of drug-likeness (QED) is 0.264. The van der Waals surface area contributed by atoms with Crippen LogP contribution in [0.1, 0.15) is 21.5 Å². The fraction of sp³-hybridized carbons (Fsp3) is 0.0714. The minimum atomic E-state index is -1.07. The molecule has 0 aliphatic carbocycles. The molecule has 0 atom stereocenters. The molecule has 2 aromatic heterocycles. The maximum Gasteiger partial charge on any atom is 0.410 e. The lowest BCUT2D eigenvalue weighted by Gasteiger charge is -2.16. The number of nitrogens with one attached hydrogen (secondary N) is 1. The number of primary amides is 1. The van der Waals surface area contributed by atoms with Crippen molar-refractivity contribution in [1.29, 1.82) is 0 Å². The summed E-state index contributed by atoms with van der Waals surface area (Å²) in [5, 5.41) is 7.17. The molecule has 0 radical (unpaired) electrons. The van der Waals surface area contributed by atoms with Crippen molar-refractivity contribution in [3.8, 4) is 23.1 Å². The third-order valence-electron chi connectivity index (χ3n) is 5.66. The van der Waals surface area contributed by atoms with Crippen molar-refractivity contribution >= 4 is 29.2 Å². The summed E-state index contributed by atoms with van der Waals surface area (Å²) in [5.74, 6) is 0.659. The molecule has 0 aliphatic rings. The molecule has 0 saturated heterocycles. The number of carbonyl (C=O) groups is 2. The topological polar surface area (TPSA) is 156 Å². The normalized spacial score (nSPS) is 10.7. The highest BCUT2D eigenvalue weighted by Gasteiger charge is 2.20. The van der Waals surface area contributed by atoms with E-state index in [1.165, 1.54) is 10.6 Å². The first-order chi connectivity index (χ1) is 18.9. The van der Waals surface area contributed by atoms with Crippen molar-refractivity contribution in [2.45, 2.75) is 13.5 Å². The fourth-order valence-corrected chi connectivity index (χ4v) is 3.80. The Morgan fingerprint density at radius 2 is 1.82 bits per heavy atom. The van der Waals surface area contributed by atoms with Crippen molar-refractivity contribution < 1.29 is 23.8 Å². The van der Waals surface area contributed by atoms with Crippen LogP contribution in [0.25, 0.3) is 5.65 Å². The van der Waals surface area contributed by atoms with Crippen LogP contribution in [0.4, 0.5) is 16.3 Å². The lowest BCUT2D eigenvalue weighted by molar-refractivity contribution is 0.102. The maximum absolute atomic E-state index is 13.3. The summed E-state index contributed by atoms with van der Waals surface area (Å²) in [6, 6.07) is 22.7. The van der Waals surface area contributed by atoms with Crippen LogP contribution in [-0.2, 0) is 6.61 Å². The van der Waals surface area contributed by atoms with Gasteiger partial charge in [-0.3, -0.25) is 4.79 Å². The second kappa shape index (κ2) is 10.8. The van der Waals surface area contributed by atoms with Crippen LogP contribution >= 0.6 is 0 Å². The molecule has 5 rings (SSSR count). The Balaban J connectivity index is 1.37. The number of amides is 2. The molecule has 0 aliphatic heterocycles. The third kappa shape index (κ3) is 5.88. The number of nitrogens with zero attached hydrogens (tertiary/aromatic N) is 3. The number of nitrogen functional groups attached to an aromatic ring is 1. The predicted octanol–water partition coefficient (Wildman–Crippen LogP) is 4.70. The van der Waals surface area contributed by atoms with Gasteiger partial charge in [0.2, 0.25) is 5.88 Å². The minimum Gasteiger partial charge on any atom is -0.485 e. The van der Waals surface area contributed by atoms with E-state index in [0.717, 1.165) is 11.1 Å². The van der Waals surface area contributed by atoms with E-state index in [4.69, 9.17) is 25.7 Å². The average molecular weight is 525 g/mol. The van der Waals surface area contributed by atoms with Gasteiger partial charge in [0.05, 0.1) is 11.8 Å². The van der Waals surface area contributed by atoms with Gasteiger partial charge >= 0.3 is 6.09 Å². The number of imidazole rings is 1. The standard InChI is InChI=1S/C28H24N6O5/c1-17-10-11-19(38-25-13-12-24-32-23(29)15-34(24)33-25)14-21(17)31-27(35)20-8-5-9-22(26(20)39-28(30)36)37-16-18-6-3-2-4-7-18/h2-15H,16,29H2,1H3,(H2,30,36)(H,31,35). The Labute approximate surface area is 222 Å². The van der Waals surface area contributed by atoms with Gasteiger partial charge in [-0.25, -0.2) is 14.3 Å². The largest absolute Gasteiger partial charge is 0.485 e. The number of hydrogen-bond acceptors (Lipinski definition) is 8. The molecule has 0 fully saturated rings. The number of para-hydroxylation sites is 1. The molecule has 0 unspecified atom stereocenters. The number of rotatable bonds is 8. The Morgan fingerprint density at radius 3 is 2.62 bits per heavy atom. The predicted molar refractivity (Wildman–Crippen MR) is 144 cm³/mol. The lowest BCUT2D eigenvalue weighted by atomic mass is 10.1. The third-order valence-corrected chi connectivity index (χ3v) is 5.66. The van der Waals surface area contributed by atoms with E-state index in [1.807, 2.05) is 37.3 Å². The van der Waals surface area contributed by atoms with Crippen molar-refractivity contribution in [2.24, 2.45) is 5.73 Å². The summed E-state index contributed by atoms with van der Waals surface area (Å²) < 4.78 is 18.4. The van der Waals surface area contributed by atoms with Gasteiger partial charge in [0.15, 0.2) is 17.1 Å². The number of benzene rings is 3. The van der Waals surface area contributed by atoms with Gasteiger partial charge in [-0.2, -0.15) is 0 Å². The van der Waals surface area contributed by atoms with Crippen LogP contribution in [0.3, 0.4) is 0 Å². The first kappa shape index (κ1) is 25.1. The van der Waals surface area contributed by atoms with Crippen LogP contribution in [0.5, 0.6) is 23.1 Å². The molecule has 0 saturated carbocycles. The Hall–Kier alpha value is -5.58. The van der Waals surface area contributed by atoms with Crippen LogP contribution < -0.4 is 31.0 Å². The van der Waals surface area contributed by atoms with E-state index in [2.05, 4.69) is 15.4 Å². The smallest absolute Gasteiger partial charge is 0.410 e. The molecule has 3 aromatic carbocycles. The van der Waals surface area contributed by atoms with E-state index >= 15 is 0 Å². The average Bonchev–Trinajstić information content (AvgIpc) is 3.29. The molecule has 0 spiro atoms. The number of aromatic nitrogens is 3. The highest BCUT2D eigenvalue weighted by molar-refractivity contribution is 6.07. The molecule has 5 aromatic rings. The van der Waals surface area contributed by atoms with Gasteiger partial charge in [-0.15, -0.1) is 5.10 Å². The number of hydrogen-bond donors (Lipinski definition) is 3. The number of anilines is 2. The number of aryl methyl sites for hydroxylation is 1. The number of carbonyl (C=O) groups excluding carboxylic acids is 2. The van der Waals surface area contributed by atoms with Crippen LogP contribution in [0.2, 0.25) is 0 Å². The summed E-state index contributed by atoms with van der Waals surface area (Å²) in [6.45, 7) is 2.03. The van der Waals surface area contributed by atoms with E-state index < -0.39 is 12.0 Å². The molecule has 11 heteroatoms. The van der Waals surface area contributed by atoms with E-state index in [-0.39, 0.29) is 23.7 Å². The van der Waals surface area contributed by atoms with Gasteiger partial charge in [0, 0.05) is 17.8 Å². The Bertz CT molecular complexity index is 1670. The maximum atomic E-state index is 13.3. The van der Waals surface area contributed by atoms with E-state index in [1.54, 1.807) is 48.7 Å². The molecule has 5 N–H and O–H groups in total. The molecular formula is C28H24N6O5. The molecule has 2 amide bonds. The van der Waals surface area contributed by atoms with Gasteiger partial charge in [0.1, 0.15) is 18.2 Å². The Morgan fingerprint density at radius 1 is 1.00 bits per heavy atom. The van der Waals surface area contributed by atoms with Crippen LogP contribution in [0, 0.1) is 6.92 Å². The number of ether oxygens (including phenoxy) is 3. The number of nitrogens with two attached hydrogens (primary N) is 2. The molecule has 0 bridgehead atoms. The summed E-state index contributed by atoms with van der Waals surface area (Å²) in [6.07, 6.45) is 0.502. The van der Waals surface area contributed by atoms with Crippen molar-refractivity contribution in [2.75, 3.05) is 11.1 Å². The summed E-state index contributed by atoms with van der Waals surface area (Å²) in [7, 11) is 0. The van der Waals surface area contributed by atoms with Crippen molar-refractivity contribution in [3.05, 3.63) is 102 Å². The summed E-state index contributed by atoms with van der Waals surface area (Å²) >= 11 is 0. The zero-order chi connectivity index (χ0) is 27.4. The lowest BCUT2D eigenvalue weighted by Crippen LogP contribution is -2.21. The van der Waals surface area contributed by atoms with E-state index in [9.17, 15) is 9.59 Å². The Kier molecular flexibility index (Phi) is 6.95. The number of fused-ring (bicyclic) bond motifs is 1. The monoisotopic (exact) mass is 524 g/mol. The van der Waals surface area contributed by atoms with Crippen LogP contribution in [-0.4, -0.2) is 26.6 Å². The van der Waals surface area contributed by atoms with Gasteiger partial charge < -0.3 is 31.0 Å². The zero-order valence-electron chi connectivity index (χ0n) is 20.8. The first-order valence-electron chi connectivity index (χ1n) is 11.8. The van der Waals surface area contributed by atoms with Gasteiger partial charge in [-0.1, -0.05) is 42.5 Å². The van der Waals surface area contributed by atoms with Gasteiger partial charge in [0.25, 0.3) is 5.91 Å². The van der Waals surface area contributed by atoms with E-state index in [0.29, 0.717) is 28.8 Å². The molecule has 39 heavy (non-hydrogen) atoms. The highest BCUT2D eigenvalue weighted by Crippen LogP contribution is 2.33. The molecular weight excluding hydrogens is 500 g/mol. The first-order valence-corrected chi connectivity index (χ1v) is 11.8. The zero-order valence-corrected chi connectivity index (χ0v) is 20.8. The van der Waals surface area contributed by atoms with Gasteiger partial charge in [-0.05, 0) is 42.3 Å². The summed E-state index contributed by atoms with van der Waals surface area (Å²) in [5.41, 5.74) is 13.8. The van der Waals surface area contributed by atoms with Crippen molar-refractivity contribution in [1.82, 2.24) is 14.6 Å². The SMILES string of the molecule is Cc1ccc(Oc2ccc3nc(N)cn3n2)cc1NC(=O)c1cccc(OCc2ccccc2)c1OC(N)=O. The minimum absolute atomic E-state index is 0.0647. The molecule has 2 heterocycles. The van der Waals surface area contributed by atoms with Crippen molar-refractivity contribution in [3.63, 3.8) is 0 Å². The second-order valence-corrected chi connectivity index (χ2v) is 8.50. The molecule has 196 valence electrons. The fourth-order valence-electron chi connectivity index (χ4n) is 3.80. The second-order valence-electron chi connectivity index (χ2n) is 8.50.